The molecule has 1 rings (SSSR count). The third kappa shape index (κ3) is 1.48. The van der Waals surface area contributed by atoms with E-state index in [1.807, 2.05) is 13.8 Å². The predicted molar refractivity (Wildman–Crippen MR) is 42.8 cm³/mol. The molecule has 1 heterocycles. The molecule has 4 nitrogen and oxygen atoms in total. The highest BCUT2D eigenvalue weighted by Crippen LogP contribution is 2.21. The standard InChI is InChI=1S/C8H13NO3/c1-4(2)6-5(10)3-9-7(6)8(11)12/h4,6-7,9H,3H2,1-2H3,(H,11,12)/t6-,7-/m0/s1. The summed E-state index contributed by atoms with van der Waals surface area (Å²) in [5.74, 6) is -1.19. The molecule has 0 saturated carbocycles. The van der Waals surface area contributed by atoms with Gasteiger partial charge in [-0.2, -0.15) is 0 Å². The van der Waals surface area contributed by atoms with Crippen LogP contribution in [0.1, 0.15) is 13.8 Å². The quantitative estimate of drug-likeness (QED) is 0.608. The maximum Gasteiger partial charge on any atom is 0.321 e. The van der Waals surface area contributed by atoms with Crippen LogP contribution < -0.4 is 5.32 Å². The molecule has 0 spiro atoms. The lowest BCUT2D eigenvalue weighted by atomic mass is 9.88. The summed E-state index contributed by atoms with van der Waals surface area (Å²) in [6.45, 7) is 3.93. The second-order valence-corrected chi connectivity index (χ2v) is 3.43. The second-order valence-electron chi connectivity index (χ2n) is 3.43. The summed E-state index contributed by atoms with van der Waals surface area (Å²) >= 11 is 0. The molecule has 0 aromatic heterocycles. The predicted octanol–water partition coefficient (Wildman–Crippen LogP) is -0.116. The summed E-state index contributed by atoms with van der Waals surface area (Å²) < 4.78 is 0. The SMILES string of the molecule is CC(C)[C@H]1C(=O)CN[C@@H]1C(=O)O. The van der Waals surface area contributed by atoms with Gasteiger partial charge in [0.15, 0.2) is 5.78 Å². The minimum atomic E-state index is -0.931. The Morgan fingerprint density at radius 1 is 1.67 bits per heavy atom. The van der Waals surface area contributed by atoms with Gasteiger partial charge in [0, 0.05) is 5.92 Å². The van der Waals surface area contributed by atoms with Crippen molar-refractivity contribution in [1.82, 2.24) is 5.32 Å². The number of carboxylic acid groups (broad SMARTS) is 1. The van der Waals surface area contributed by atoms with E-state index >= 15 is 0 Å². The molecule has 1 aliphatic rings. The number of Topliss-reactive ketones (excluding diaryl/α,β-unsaturated/α-hetero) is 1. The number of aliphatic carboxylic acids is 1. The van der Waals surface area contributed by atoms with Crippen LogP contribution in [-0.4, -0.2) is 29.4 Å². The fraction of sp³-hybridized carbons (Fsp3) is 0.750. The highest BCUT2D eigenvalue weighted by atomic mass is 16.4. The van der Waals surface area contributed by atoms with Gasteiger partial charge in [-0.05, 0) is 5.92 Å². The highest BCUT2D eigenvalue weighted by molar-refractivity contribution is 5.93. The van der Waals surface area contributed by atoms with Crippen LogP contribution in [0, 0.1) is 11.8 Å². The van der Waals surface area contributed by atoms with Gasteiger partial charge in [0.05, 0.1) is 6.54 Å². The molecule has 1 fully saturated rings. The Morgan fingerprint density at radius 2 is 2.25 bits per heavy atom. The molecule has 2 N–H and O–H groups in total. The molecular weight excluding hydrogens is 158 g/mol. The summed E-state index contributed by atoms with van der Waals surface area (Å²) in [5, 5.41) is 11.4. The van der Waals surface area contributed by atoms with E-state index in [1.165, 1.54) is 0 Å². The van der Waals surface area contributed by atoms with Crippen molar-refractivity contribution in [2.75, 3.05) is 6.54 Å². The monoisotopic (exact) mass is 171 g/mol. The topological polar surface area (TPSA) is 66.4 Å². The zero-order valence-corrected chi connectivity index (χ0v) is 7.20. The van der Waals surface area contributed by atoms with Crippen molar-refractivity contribution in [1.29, 1.82) is 0 Å². The second kappa shape index (κ2) is 3.23. The minimum absolute atomic E-state index is 0.0115. The number of rotatable bonds is 2. The third-order valence-corrected chi connectivity index (χ3v) is 2.21. The molecule has 1 aliphatic heterocycles. The van der Waals surface area contributed by atoms with E-state index in [1.54, 1.807) is 0 Å². The summed E-state index contributed by atoms with van der Waals surface area (Å²) in [5.41, 5.74) is 0. The molecule has 2 atom stereocenters. The van der Waals surface area contributed by atoms with E-state index in [0.717, 1.165) is 0 Å². The average Bonchev–Trinajstić information content (AvgIpc) is 2.30. The summed E-state index contributed by atoms with van der Waals surface area (Å²) in [7, 11) is 0. The Bertz CT molecular complexity index is 212. The molecule has 4 heteroatoms. The molecule has 68 valence electrons. The first-order valence-electron chi connectivity index (χ1n) is 4.03. The van der Waals surface area contributed by atoms with E-state index in [4.69, 9.17) is 5.11 Å². The molecule has 12 heavy (non-hydrogen) atoms. The largest absolute Gasteiger partial charge is 0.480 e. The van der Waals surface area contributed by atoms with Crippen molar-refractivity contribution in [3.05, 3.63) is 0 Å². The lowest BCUT2D eigenvalue weighted by molar-refractivity contribution is -0.141. The van der Waals surface area contributed by atoms with Crippen LogP contribution in [0.2, 0.25) is 0 Å². The van der Waals surface area contributed by atoms with Gasteiger partial charge >= 0.3 is 5.97 Å². The van der Waals surface area contributed by atoms with E-state index < -0.39 is 12.0 Å². The van der Waals surface area contributed by atoms with Crippen LogP contribution in [0.4, 0.5) is 0 Å². The Morgan fingerprint density at radius 3 is 2.58 bits per heavy atom. The van der Waals surface area contributed by atoms with Gasteiger partial charge in [0.25, 0.3) is 0 Å². The Kier molecular flexibility index (Phi) is 2.47. The van der Waals surface area contributed by atoms with Gasteiger partial charge in [0.2, 0.25) is 0 Å². The van der Waals surface area contributed by atoms with Crippen LogP contribution in [0.3, 0.4) is 0 Å². The maximum absolute atomic E-state index is 11.2. The molecule has 1 saturated heterocycles. The number of carboxylic acids is 1. The summed E-state index contributed by atoms with van der Waals surface area (Å²) in [4.78, 5) is 21.9. The molecule has 0 unspecified atom stereocenters. The molecule has 0 bridgehead atoms. The number of hydrogen-bond acceptors (Lipinski definition) is 3. The fourth-order valence-corrected chi connectivity index (χ4v) is 1.64. The number of nitrogens with one attached hydrogen (secondary N) is 1. The lowest BCUT2D eigenvalue weighted by Crippen LogP contribution is -2.38. The Labute approximate surface area is 71.0 Å². The normalized spacial score (nSPS) is 29.8. The molecule has 0 aliphatic carbocycles. The van der Waals surface area contributed by atoms with Gasteiger partial charge < -0.3 is 5.11 Å². The smallest absolute Gasteiger partial charge is 0.321 e. The van der Waals surface area contributed by atoms with Crippen LogP contribution in [-0.2, 0) is 9.59 Å². The molecule has 0 amide bonds. The van der Waals surface area contributed by atoms with Crippen molar-refractivity contribution in [3.63, 3.8) is 0 Å². The van der Waals surface area contributed by atoms with E-state index in [9.17, 15) is 9.59 Å². The van der Waals surface area contributed by atoms with Crippen molar-refractivity contribution in [2.24, 2.45) is 11.8 Å². The number of hydrogen-bond donors (Lipinski definition) is 2. The zero-order chi connectivity index (χ0) is 9.30. The molecule has 0 radical (unpaired) electrons. The van der Waals surface area contributed by atoms with Crippen molar-refractivity contribution in [2.45, 2.75) is 19.9 Å². The fourth-order valence-electron chi connectivity index (χ4n) is 1.64. The Balaban J connectivity index is 2.77. The first kappa shape index (κ1) is 9.19. The summed E-state index contributed by atoms with van der Waals surface area (Å²) in [6.07, 6.45) is 0. The first-order valence-corrected chi connectivity index (χ1v) is 4.03. The van der Waals surface area contributed by atoms with E-state index in [-0.39, 0.29) is 24.2 Å². The molecule has 0 aromatic rings. The Hall–Kier alpha value is -0.900. The highest BCUT2D eigenvalue weighted by Gasteiger charge is 2.40. The maximum atomic E-state index is 11.2. The minimum Gasteiger partial charge on any atom is -0.480 e. The van der Waals surface area contributed by atoms with Crippen molar-refractivity contribution >= 4 is 11.8 Å². The number of carbonyl (C=O) groups excluding carboxylic acids is 1. The van der Waals surface area contributed by atoms with E-state index in [2.05, 4.69) is 5.32 Å². The lowest BCUT2D eigenvalue weighted by Gasteiger charge is -2.17. The number of carbonyl (C=O) groups is 2. The van der Waals surface area contributed by atoms with Gasteiger partial charge in [-0.15, -0.1) is 0 Å². The van der Waals surface area contributed by atoms with Gasteiger partial charge in [0.1, 0.15) is 6.04 Å². The van der Waals surface area contributed by atoms with Gasteiger partial charge in [-0.3, -0.25) is 14.9 Å². The number of ketones is 1. The van der Waals surface area contributed by atoms with Crippen LogP contribution in [0.5, 0.6) is 0 Å². The van der Waals surface area contributed by atoms with E-state index in [0.29, 0.717) is 0 Å². The first-order chi connectivity index (χ1) is 5.54. The molecular formula is C8H13NO3. The zero-order valence-electron chi connectivity index (χ0n) is 7.20. The van der Waals surface area contributed by atoms with Crippen LogP contribution >= 0.6 is 0 Å². The third-order valence-electron chi connectivity index (χ3n) is 2.21. The van der Waals surface area contributed by atoms with Crippen LogP contribution in [0.25, 0.3) is 0 Å². The van der Waals surface area contributed by atoms with Crippen molar-refractivity contribution < 1.29 is 14.7 Å². The average molecular weight is 171 g/mol. The van der Waals surface area contributed by atoms with Gasteiger partial charge in [-0.1, -0.05) is 13.8 Å². The summed E-state index contributed by atoms with van der Waals surface area (Å²) in [6, 6.07) is -0.683. The van der Waals surface area contributed by atoms with Crippen LogP contribution in [0.15, 0.2) is 0 Å². The van der Waals surface area contributed by atoms with Crippen molar-refractivity contribution in [3.8, 4) is 0 Å². The van der Waals surface area contributed by atoms with Gasteiger partial charge in [-0.25, -0.2) is 0 Å². The molecule has 0 aromatic carbocycles.